The van der Waals surface area contributed by atoms with E-state index in [1.54, 1.807) is 0 Å². The summed E-state index contributed by atoms with van der Waals surface area (Å²) in [5.41, 5.74) is 26.7. The van der Waals surface area contributed by atoms with Gasteiger partial charge in [0, 0.05) is 66.6 Å². The van der Waals surface area contributed by atoms with Crippen LogP contribution >= 0.6 is 0 Å². The van der Waals surface area contributed by atoms with Crippen molar-refractivity contribution in [1.29, 1.82) is 0 Å². The number of pyridine rings is 1. The summed E-state index contributed by atoms with van der Waals surface area (Å²) < 4.78 is 13.2. The van der Waals surface area contributed by atoms with E-state index in [9.17, 15) is 0 Å². The highest BCUT2D eigenvalue weighted by molar-refractivity contribution is 6.19. The van der Waals surface area contributed by atoms with Gasteiger partial charge in [0.1, 0.15) is 22.3 Å². The average molecular weight is 879 g/mol. The predicted octanol–water partition coefficient (Wildman–Crippen LogP) is 17.6. The zero-order chi connectivity index (χ0) is 46.2. The SMILES string of the molecule is Cc1ccc(N(c2ccc3c(c2)C(C)(C)c2cc4c(cc2-3)C(C)(C)c2ccc3oc5ccccc5c3c2-4)c2ccc3c(c2)C(C)(C)c2cc(-c4ccccn4)c4oc5ccccc5c4c2-3)c(C)c1. The van der Waals surface area contributed by atoms with E-state index in [-0.39, 0.29) is 16.2 Å². The molecule has 0 unspecified atom stereocenters. The fourth-order valence-corrected chi connectivity index (χ4v) is 12.8. The van der Waals surface area contributed by atoms with Crippen molar-refractivity contribution in [2.24, 2.45) is 0 Å². The molecular formula is C64H50N2O2. The molecule has 0 amide bonds. The van der Waals surface area contributed by atoms with E-state index >= 15 is 0 Å². The summed E-state index contributed by atoms with van der Waals surface area (Å²) in [6, 6.07) is 56.2. The maximum atomic E-state index is 6.75. The minimum atomic E-state index is -0.312. The first-order valence-corrected chi connectivity index (χ1v) is 24.0. The first-order valence-electron chi connectivity index (χ1n) is 24.0. The second-order valence-corrected chi connectivity index (χ2v) is 21.2. The summed E-state index contributed by atoms with van der Waals surface area (Å²) in [6.45, 7) is 18.8. The summed E-state index contributed by atoms with van der Waals surface area (Å²) in [4.78, 5) is 7.33. The number of para-hydroxylation sites is 2. The van der Waals surface area contributed by atoms with Crippen LogP contribution in [0.15, 0.2) is 167 Å². The van der Waals surface area contributed by atoms with Crippen LogP contribution in [0.2, 0.25) is 0 Å². The summed E-state index contributed by atoms with van der Waals surface area (Å²) in [6.07, 6.45) is 1.87. The number of rotatable bonds is 4. The van der Waals surface area contributed by atoms with Crippen LogP contribution in [0.4, 0.5) is 17.1 Å². The molecule has 0 atom stereocenters. The second-order valence-electron chi connectivity index (χ2n) is 21.2. The molecule has 0 radical (unpaired) electrons. The van der Waals surface area contributed by atoms with Crippen LogP contribution in [0.25, 0.3) is 88.5 Å². The van der Waals surface area contributed by atoms with Crippen LogP contribution in [0.5, 0.6) is 0 Å². The lowest BCUT2D eigenvalue weighted by Crippen LogP contribution is -2.18. The first-order chi connectivity index (χ1) is 32.8. The van der Waals surface area contributed by atoms with Crippen molar-refractivity contribution in [3.05, 3.63) is 202 Å². The third-order valence-electron chi connectivity index (χ3n) is 16.3. The highest BCUT2D eigenvalue weighted by atomic mass is 16.3. The number of hydrogen-bond donors (Lipinski definition) is 0. The maximum Gasteiger partial charge on any atom is 0.145 e. The standard InChI is InChI=1S/C64H50N2O2/c1-35-20-26-53(36(2)29-35)66(38-22-24-40-48(31-38)64(7,8)51-34-45(52-17-13-14-28-65-52)61-60(57(40)51)42-16-10-12-19-55(42)68-61)37-21-23-39-43-32-50-44(33-49(43)63(5,6)47(39)30-37)58-46(62(50,3)4)25-27-56-59(58)41-15-9-11-18-54(41)67-56/h9-34H,1-8H3. The van der Waals surface area contributed by atoms with Crippen molar-refractivity contribution in [1.82, 2.24) is 4.98 Å². The third-order valence-corrected chi connectivity index (χ3v) is 16.3. The third kappa shape index (κ3) is 5.07. The molecule has 0 bridgehead atoms. The average Bonchev–Trinajstić information content (AvgIpc) is 4.08. The van der Waals surface area contributed by atoms with E-state index in [2.05, 4.69) is 206 Å². The fraction of sp³-hybridized carbons (Fsp3) is 0.172. The summed E-state index contributed by atoms with van der Waals surface area (Å²) in [5, 5.41) is 4.69. The molecule has 68 heavy (non-hydrogen) atoms. The van der Waals surface area contributed by atoms with Gasteiger partial charge in [0.05, 0.1) is 5.69 Å². The Kier molecular flexibility index (Phi) is 7.70. The van der Waals surface area contributed by atoms with Crippen molar-refractivity contribution < 1.29 is 8.83 Å². The van der Waals surface area contributed by atoms with Crippen LogP contribution in [-0.4, -0.2) is 4.98 Å². The Bertz CT molecular complexity index is 4030. The Hall–Kier alpha value is -7.69. The highest BCUT2D eigenvalue weighted by Gasteiger charge is 2.44. The number of furan rings is 2. The summed E-state index contributed by atoms with van der Waals surface area (Å²) in [7, 11) is 0. The molecule has 4 heteroatoms. The molecule has 0 fully saturated rings. The summed E-state index contributed by atoms with van der Waals surface area (Å²) >= 11 is 0. The molecule has 14 rings (SSSR count). The summed E-state index contributed by atoms with van der Waals surface area (Å²) in [5.74, 6) is 0. The van der Waals surface area contributed by atoms with E-state index in [1.807, 2.05) is 12.3 Å². The Morgan fingerprint density at radius 2 is 1.01 bits per heavy atom. The predicted molar refractivity (Wildman–Crippen MR) is 281 cm³/mol. The van der Waals surface area contributed by atoms with Gasteiger partial charge < -0.3 is 13.7 Å². The minimum Gasteiger partial charge on any atom is -0.456 e. The molecule has 328 valence electrons. The van der Waals surface area contributed by atoms with Crippen LogP contribution in [0.3, 0.4) is 0 Å². The molecule has 3 aromatic heterocycles. The van der Waals surface area contributed by atoms with Crippen molar-refractivity contribution in [3.8, 4) is 44.6 Å². The Morgan fingerprint density at radius 1 is 0.426 bits per heavy atom. The minimum absolute atomic E-state index is 0.170. The molecule has 8 aromatic carbocycles. The molecule has 0 saturated heterocycles. The lowest BCUT2D eigenvalue weighted by molar-refractivity contribution is 0.651. The van der Waals surface area contributed by atoms with Gasteiger partial charge >= 0.3 is 0 Å². The van der Waals surface area contributed by atoms with E-state index in [0.29, 0.717) is 0 Å². The topological polar surface area (TPSA) is 42.4 Å². The van der Waals surface area contributed by atoms with E-state index < -0.39 is 0 Å². The molecule has 4 nitrogen and oxygen atoms in total. The maximum absolute atomic E-state index is 6.75. The molecule has 3 aliphatic rings. The van der Waals surface area contributed by atoms with Crippen molar-refractivity contribution in [3.63, 3.8) is 0 Å². The largest absolute Gasteiger partial charge is 0.456 e. The molecule has 0 saturated carbocycles. The lowest BCUT2D eigenvalue weighted by atomic mass is 9.79. The molecule has 0 aliphatic heterocycles. The molecular weight excluding hydrogens is 829 g/mol. The van der Waals surface area contributed by atoms with E-state index in [0.717, 1.165) is 55.7 Å². The van der Waals surface area contributed by atoms with Gasteiger partial charge in [-0.2, -0.15) is 0 Å². The zero-order valence-electron chi connectivity index (χ0n) is 39.7. The Balaban J connectivity index is 0.941. The number of nitrogens with zero attached hydrogens (tertiary/aromatic N) is 2. The van der Waals surface area contributed by atoms with Crippen molar-refractivity contribution in [2.75, 3.05) is 4.90 Å². The number of anilines is 3. The molecule has 0 N–H and O–H groups in total. The molecule has 11 aromatic rings. The Morgan fingerprint density at radius 3 is 1.75 bits per heavy atom. The molecule has 3 aliphatic carbocycles. The quantitative estimate of drug-likeness (QED) is 0.177. The van der Waals surface area contributed by atoms with Gasteiger partial charge in [0.15, 0.2) is 0 Å². The van der Waals surface area contributed by atoms with Crippen LogP contribution in [0, 0.1) is 13.8 Å². The number of fused-ring (bicyclic) bond motifs is 17. The smallest absolute Gasteiger partial charge is 0.145 e. The van der Waals surface area contributed by atoms with Crippen molar-refractivity contribution >= 4 is 60.9 Å². The van der Waals surface area contributed by atoms with Crippen LogP contribution in [-0.2, 0) is 16.2 Å². The van der Waals surface area contributed by atoms with Gasteiger partial charge in [-0.3, -0.25) is 4.98 Å². The van der Waals surface area contributed by atoms with Gasteiger partial charge in [-0.25, -0.2) is 0 Å². The normalized spacial score (nSPS) is 15.4. The molecule has 0 spiro atoms. The van der Waals surface area contributed by atoms with Gasteiger partial charge in [0.25, 0.3) is 0 Å². The number of hydrogen-bond acceptors (Lipinski definition) is 4. The van der Waals surface area contributed by atoms with Gasteiger partial charge in [-0.05, 0) is 165 Å². The molecule has 3 heterocycles. The number of benzene rings is 8. The second kappa shape index (κ2) is 13.3. The van der Waals surface area contributed by atoms with Gasteiger partial charge in [-0.15, -0.1) is 0 Å². The van der Waals surface area contributed by atoms with E-state index in [1.165, 1.54) is 94.3 Å². The lowest BCUT2D eigenvalue weighted by Gasteiger charge is -2.31. The van der Waals surface area contributed by atoms with E-state index in [4.69, 9.17) is 13.8 Å². The number of aryl methyl sites for hydroxylation is 2. The van der Waals surface area contributed by atoms with Crippen LogP contribution < -0.4 is 4.90 Å². The van der Waals surface area contributed by atoms with Crippen LogP contribution in [0.1, 0.15) is 86.1 Å². The van der Waals surface area contributed by atoms with Gasteiger partial charge in [0.2, 0.25) is 0 Å². The monoisotopic (exact) mass is 878 g/mol. The fourth-order valence-electron chi connectivity index (χ4n) is 12.8. The zero-order valence-corrected chi connectivity index (χ0v) is 39.7. The van der Waals surface area contributed by atoms with Crippen molar-refractivity contribution in [2.45, 2.75) is 71.6 Å². The Labute approximate surface area is 396 Å². The van der Waals surface area contributed by atoms with Gasteiger partial charge in [-0.1, -0.05) is 120 Å². The first kappa shape index (κ1) is 39.5. The highest BCUT2D eigenvalue weighted by Crippen LogP contribution is 2.60. The number of aromatic nitrogens is 1.